The Morgan fingerprint density at radius 2 is 1.85 bits per heavy atom. The highest BCUT2D eigenvalue weighted by atomic mass is 35.5. The maximum atomic E-state index is 12.6. The van der Waals surface area contributed by atoms with E-state index >= 15 is 0 Å². The average Bonchev–Trinajstić information content (AvgIpc) is 2.91. The van der Waals surface area contributed by atoms with Crippen LogP contribution in [0.25, 0.3) is 0 Å². The second-order valence-electron chi connectivity index (χ2n) is 5.88. The van der Waals surface area contributed by atoms with E-state index in [1.165, 1.54) is 4.90 Å². The molecule has 1 saturated heterocycles. The zero-order valence-corrected chi connectivity index (χ0v) is 15.7. The van der Waals surface area contributed by atoms with Gasteiger partial charge in [0.1, 0.15) is 5.75 Å². The third-order valence-corrected chi connectivity index (χ3v) is 4.83. The Hall–Kier alpha value is -2.08. The van der Waals surface area contributed by atoms with Gasteiger partial charge in [-0.15, -0.1) is 0 Å². The van der Waals surface area contributed by atoms with Crippen LogP contribution in [0.3, 0.4) is 0 Å². The summed E-state index contributed by atoms with van der Waals surface area (Å²) >= 11 is 11.9. The predicted molar refractivity (Wildman–Crippen MR) is 102 cm³/mol. The number of carbonyl (C=O) groups excluding carboxylic acids is 2. The molecule has 5 nitrogen and oxygen atoms in total. The predicted octanol–water partition coefficient (Wildman–Crippen LogP) is 3.81. The lowest BCUT2D eigenvalue weighted by Crippen LogP contribution is -2.38. The highest BCUT2D eigenvalue weighted by molar-refractivity contribution is 6.42. The van der Waals surface area contributed by atoms with Crippen LogP contribution in [0.15, 0.2) is 42.5 Å². The van der Waals surface area contributed by atoms with E-state index in [-0.39, 0.29) is 18.2 Å². The maximum Gasteiger partial charge on any atom is 0.251 e. The van der Waals surface area contributed by atoms with Crippen LogP contribution >= 0.6 is 23.2 Å². The summed E-state index contributed by atoms with van der Waals surface area (Å²) in [5, 5.41) is 4.05. The molecule has 136 valence electrons. The number of imide groups is 1. The number of benzene rings is 2. The van der Waals surface area contributed by atoms with Gasteiger partial charge in [0, 0.05) is 6.54 Å². The molecule has 1 aliphatic rings. The van der Waals surface area contributed by atoms with E-state index in [1.54, 1.807) is 36.4 Å². The number of ether oxygens (including phenoxy) is 1. The van der Waals surface area contributed by atoms with Crippen LogP contribution in [0, 0.1) is 0 Å². The van der Waals surface area contributed by atoms with Crippen molar-refractivity contribution < 1.29 is 14.3 Å². The Labute approximate surface area is 161 Å². The van der Waals surface area contributed by atoms with Crippen LogP contribution in [0.4, 0.5) is 5.69 Å². The van der Waals surface area contributed by atoms with Crippen molar-refractivity contribution in [3.05, 3.63) is 58.1 Å². The van der Waals surface area contributed by atoms with Gasteiger partial charge >= 0.3 is 0 Å². The summed E-state index contributed by atoms with van der Waals surface area (Å²) < 4.78 is 5.38. The Morgan fingerprint density at radius 3 is 2.50 bits per heavy atom. The number of rotatable bonds is 6. The quantitative estimate of drug-likeness (QED) is 0.759. The molecule has 1 atom stereocenters. The van der Waals surface area contributed by atoms with E-state index in [9.17, 15) is 9.59 Å². The number of amides is 2. The van der Waals surface area contributed by atoms with Gasteiger partial charge in [-0.1, -0.05) is 29.3 Å². The van der Waals surface area contributed by atoms with Crippen LogP contribution in [0.5, 0.6) is 5.75 Å². The largest absolute Gasteiger partial charge is 0.494 e. The molecule has 1 N–H and O–H groups in total. The van der Waals surface area contributed by atoms with Crippen LogP contribution in [-0.4, -0.2) is 24.5 Å². The summed E-state index contributed by atoms with van der Waals surface area (Å²) in [6, 6.07) is 11.6. The summed E-state index contributed by atoms with van der Waals surface area (Å²) in [6.45, 7) is 2.87. The number of hydrogen-bond acceptors (Lipinski definition) is 4. The standard InChI is InChI=1S/C19H18Cl2N2O3/c1-2-26-14-6-4-13(5-7-14)23-18(24)10-17(19(23)25)22-11-12-3-8-15(20)16(21)9-12/h3-9,17,22H,2,10-11H2,1H3. The lowest BCUT2D eigenvalue weighted by Gasteiger charge is -2.16. The Balaban J connectivity index is 1.67. The SMILES string of the molecule is CCOc1ccc(N2C(=O)CC(NCc3ccc(Cl)c(Cl)c3)C2=O)cc1. The van der Waals surface area contributed by atoms with Gasteiger partial charge in [0.15, 0.2) is 0 Å². The molecule has 0 spiro atoms. The summed E-state index contributed by atoms with van der Waals surface area (Å²) in [5.41, 5.74) is 1.43. The average molecular weight is 393 g/mol. The fraction of sp³-hybridized carbons (Fsp3) is 0.263. The molecule has 0 saturated carbocycles. The molecule has 0 aliphatic carbocycles. The van der Waals surface area contributed by atoms with Crippen LogP contribution < -0.4 is 15.0 Å². The van der Waals surface area contributed by atoms with E-state index in [2.05, 4.69) is 5.32 Å². The zero-order chi connectivity index (χ0) is 18.7. The van der Waals surface area contributed by atoms with Gasteiger partial charge in [0.25, 0.3) is 5.91 Å². The number of hydrogen-bond donors (Lipinski definition) is 1. The first kappa shape index (κ1) is 18.7. The second-order valence-corrected chi connectivity index (χ2v) is 6.69. The number of nitrogens with zero attached hydrogens (tertiary/aromatic N) is 1. The van der Waals surface area contributed by atoms with Crippen molar-refractivity contribution in [3.8, 4) is 5.75 Å². The summed E-state index contributed by atoms with van der Waals surface area (Å²) in [4.78, 5) is 26.2. The highest BCUT2D eigenvalue weighted by Gasteiger charge is 2.39. The lowest BCUT2D eigenvalue weighted by molar-refractivity contribution is -0.121. The van der Waals surface area contributed by atoms with Gasteiger partial charge < -0.3 is 10.1 Å². The fourth-order valence-electron chi connectivity index (χ4n) is 2.81. The minimum Gasteiger partial charge on any atom is -0.494 e. The van der Waals surface area contributed by atoms with Crippen molar-refractivity contribution in [2.75, 3.05) is 11.5 Å². The molecule has 3 rings (SSSR count). The van der Waals surface area contributed by atoms with Gasteiger partial charge in [-0.05, 0) is 48.9 Å². The summed E-state index contributed by atoms with van der Waals surface area (Å²) in [7, 11) is 0. The van der Waals surface area contributed by atoms with E-state index < -0.39 is 6.04 Å². The molecule has 1 unspecified atom stereocenters. The topological polar surface area (TPSA) is 58.6 Å². The molecule has 7 heteroatoms. The molecule has 2 aromatic rings. The first-order valence-corrected chi connectivity index (χ1v) is 9.02. The van der Waals surface area contributed by atoms with Crippen LogP contribution in [-0.2, 0) is 16.1 Å². The summed E-state index contributed by atoms with van der Waals surface area (Å²) in [6.07, 6.45) is 0.118. The highest BCUT2D eigenvalue weighted by Crippen LogP contribution is 2.26. The molecular formula is C19H18Cl2N2O3. The van der Waals surface area contributed by atoms with Crippen molar-refractivity contribution in [2.45, 2.75) is 25.9 Å². The molecule has 0 bridgehead atoms. The lowest BCUT2D eigenvalue weighted by atomic mass is 10.2. The third kappa shape index (κ3) is 4.01. The first-order valence-electron chi connectivity index (χ1n) is 8.26. The number of carbonyl (C=O) groups is 2. The molecule has 2 aromatic carbocycles. The van der Waals surface area contributed by atoms with Crippen molar-refractivity contribution in [1.29, 1.82) is 0 Å². The van der Waals surface area contributed by atoms with Gasteiger partial charge in [-0.2, -0.15) is 0 Å². The van der Waals surface area contributed by atoms with Crippen molar-refractivity contribution in [1.82, 2.24) is 5.32 Å². The molecule has 1 fully saturated rings. The smallest absolute Gasteiger partial charge is 0.251 e. The maximum absolute atomic E-state index is 12.6. The second kappa shape index (κ2) is 8.08. The third-order valence-electron chi connectivity index (χ3n) is 4.09. The van der Waals surface area contributed by atoms with Crippen LogP contribution in [0.2, 0.25) is 10.0 Å². The van der Waals surface area contributed by atoms with Crippen molar-refractivity contribution in [3.63, 3.8) is 0 Å². The molecule has 0 aromatic heterocycles. The molecule has 26 heavy (non-hydrogen) atoms. The first-order chi connectivity index (χ1) is 12.5. The number of anilines is 1. The van der Waals surface area contributed by atoms with Crippen LogP contribution in [0.1, 0.15) is 18.9 Å². The number of halogens is 2. The van der Waals surface area contributed by atoms with E-state index in [0.717, 1.165) is 5.56 Å². The minimum atomic E-state index is -0.566. The normalized spacial score (nSPS) is 17.0. The van der Waals surface area contributed by atoms with Gasteiger partial charge in [0.05, 0.1) is 34.8 Å². The van der Waals surface area contributed by atoms with Gasteiger partial charge in [-0.25, -0.2) is 4.90 Å². The Bertz CT molecular complexity index is 824. The minimum absolute atomic E-state index is 0.118. The molecule has 2 amide bonds. The zero-order valence-electron chi connectivity index (χ0n) is 14.2. The molecular weight excluding hydrogens is 375 g/mol. The summed E-state index contributed by atoms with van der Waals surface area (Å²) in [5.74, 6) is 0.203. The molecule has 0 radical (unpaired) electrons. The van der Waals surface area contributed by atoms with E-state index in [0.29, 0.717) is 34.6 Å². The Morgan fingerprint density at radius 1 is 1.12 bits per heavy atom. The Kier molecular flexibility index (Phi) is 5.81. The van der Waals surface area contributed by atoms with Gasteiger partial charge in [0.2, 0.25) is 5.91 Å². The van der Waals surface area contributed by atoms with E-state index in [4.69, 9.17) is 27.9 Å². The molecule has 1 heterocycles. The fourth-order valence-corrected chi connectivity index (χ4v) is 3.13. The van der Waals surface area contributed by atoms with E-state index in [1.807, 2.05) is 13.0 Å². The monoisotopic (exact) mass is 392 g/mol. The van der Waals surface area contributed by atoms with Gasteiger partial charge in [-0.3, -0.25) is 9.59 Å². The molecule has 1 aliphatic heterocycles. The number of nitrogens with one attached hydrogen (secondary N) is 1. The van der Waals surface area contributed by atoms with Crippen molar-refractivity contribution in [2.24, 2.45) is 0 Å². The van der Waals surface area contributed by atoms with Crippen molar-refractivity contribution >= 4 is 40.7 Å².